The number of hydrogen-bond donors (Lipinski definition) is 2. The number of fused-ring (bicyclic) bond motifs is 1. The van der Waals surface area contributed by atoms with Crippen molar-refractivity contribution in [1.29, 1.82) is 0 Å². The number of H-pyrrole nitrogens is 2. The van der Waals surface area contributed by atoms with E-state index >= 15 is 0 Å². The van der Waals surface area contributed by atoms with Gasteiger partial charge in [-0.15, -0.1) is 0 Å². The lowest BCUT2D eigenvalue weighted by Crippen LogP contribution is -2.36. The quantitative estimate of drug-likeness (QED) is 0.772. The zero-order valence-electron chi connectivity index (χ0n) is 13.2. The predicted octanol–water partition coefficient (Wildman–Crippen LogP) is 2.01. The first-order valence-corrected chi connectivity index (χ1v) is 7.74. The van der Waals surface area contributed by atoms with Crippen LogP contribution in [0.25, 0.3) is 11.3 Å². The summed E-state index contributed by atoms with van der Waals surface area (Å²) in [5, 5.41) is 7.01. The van der Waals surface area contributed by atoms with Gasteiger partial charge in [-0.3, -0.25) is 9.89 Å². The minimum absolute atomic E-state index is 0.0400. The fourth-order valence-corrected chi connectivity index (χ4v) is 3.00. The summed E-state index contributed by atoms with van der Waals surface area (Å²) in [4.78, 5) is 22.1. The molecule has 0 spiro atoms. The average molecular weight is 323 g/mol. The second-order valence-electron chi connectivity index (χ2n) is 5.70. The van der Waals surface area contributed by atoms with E-state index in [0.29, 0.717) is 24.3 Å². The topological polar surface area (TPSA) is 86.9 Å². The second kappa shape index (κ2) is 5.84. The molecule has 2 N–H and O–H groups in total. The molecule has 0 radical (unpaired) electrons. The van der Waals surface area contributed by atoms with Gasteiger partial charge in [-0.2, -0.15) is 5.10 Å². The van der Waals surface area contributed by atoms with Crippen LogP contribution in [-0.4, -0.2) is 44.6 Å². The number of imidazole rings is 1. The molecule has 7 nitrogen and oxygen atoms in total. The second-order valence-corrected chi connectivity index (χ2v) is 5.70. The van der Waals surface area contributed by atoms with Gasteiger partial charge in [-0.1, -0.05) is 12.1 Å². The molecule has 0 atom stereocenters. The van der Waals surface area contributed by atoms with Gasteiger partial charge < -0.3 is 14.6 Å². The molecule has 3 heterocycles. The third-order valence-electron chi connectivity index (χ3n) is 4.29. The Hall–Kier alpha value is -3.09. The minimum Gasteiger partial charge on any atom is -0.497 e. The standard InChI is InChI=1S/C17H17N5O2/c1-24-12-4-2-3-11(7-12)16-13(8-20-21-16)17(23)22-6-5-14-15(9-22)19-10-18-14/h2-4,7-8,10H,5-6,9H2,1H3,(H,18,19)(H,20,21). The van der Waals surface area contributed by atoms with Crippen molar-refractivity contribution in [2.24, 2.45) is 0 Å². The van der Waals surface area contributed by atoms with Crippen molar-refractivity contribution >= 4 is 5.91 Å². The molecule has 1 amide bonds. The molecular formula is C17H17N5O2. The van der Waals surface area contributed by atoms with Crippen molar-refractivity contribution in [3.05, 3.63) is 53.7 Å². The lowest BCUT2D eigenvalue weighted by atomic mass is 10.1. The molecule has 0 saturated heterocycles. The molecule has 1 aliphatic rings. The van der Waals surface area contributed by atoms with Crippen LogP contribution < -0.4 is 4.74 Å². The van der Waals surface area contributed by atoms with E-state index in [1.165, 1.54) is 0 Å². The maximum absolute atomic E-state index is 12.9. The van der Waals surface area contributed by atoms with Crippen molar-refractivity contribution < 1.29 is 9.53 Å². The molecule has 2 aromatic heterocycles. The van der Waals surface area contributed by atoms with E-state index in [2.05, 4.69) is 20.2 Å². The Morgan fingerprint density at radius 2 is 2.29 bits per heavy atom. The Bertz CT molecular complexity index is 883. The highest BCUT2D eigenvalue weighted by Crippen LogP contribution is 2.27. The first kappa shape index (κ1) is 14.5. The highest BCUT2D eigenvalue weighted by atomic mass is 16.5. The van der Waals surface area contributed by atoms with Crippen LogP contribution in [0.2, 0.25) is 0 Å². The van der Waals surface area contributed by atoms with Crippen LogP contribution in [0, 0.1) is 0 Å². The monoisotopic (exact) mass is 323 g/mol. The summed E-state index contributed by atoms with van der Waals surface area (Å²) in [5.41, 5.74) is 4.18. The summed E-state index contributed by atoms with van der Waals surface area (Å²) < 4.78 is 5.26. The number of ether oxygens (including phenoxy) is 1. The van der Waals surface area contributed by atoms with E-state index in [9.17, 15) is 4.79 Å². The Kier molecular flexibility index (Phi) is 3.53. The van der Waals surface area contributed by atoms with E-state index in [-0.39, 0.29) is 5.91 Å². The van der Waals surface area contributed by atoms with Crippen molar-refractivity contribution in [1.82, 2.24) is 25.1 Å². The SMILES string of the molecule is COc1cccc(-c2[nH]ncc2C(=O)N2CCc3nc[nH]c3C2)c1. The molecule has 0 aliphatic carbocycles. The van der Waals surface area contributed by atoms with Gasteiger partial charge in [0.15, 0.2) is 0 Å². The van der Waals surface area contributed by atoms with Gasteiger partial charge in [0.25, 0.3) is 5.91 Å². The van der Waals surface area contributed by atoms with Gasteiger partial charge in [-0.05, 0) is 12.1 Å². The number of benzene rings is 1. The maximum Gasteiger partial charge on any atom is 0.258 e. The van der Waals surface area contributed by atoms with E-state index < -0.39 is 0 Å². The summed E-state index contributed by atoms with van der Waals surface area (Å²) in [6, 6.07) is 7.57. The average Bonchev–Trinajstić information content (AvgIpc) is 3.29. The van der Waals surface area contributed by atoms with E-state index in [1.807, 2.05) is 29.2 Å². The van der Waals surface area contributed by atoms with Gasteiger partial charge >= 0.3 is 0 Å². The van der Waals surface area contributed by atoms with Gasteiger partial charge in [0.2, 0.25) is 0 Å². The fourth-order valence-electron chi connectivity index (χ4n) is 3.00. The largest absolute Gasteiger partial charge is 0.497 e. The third-order valence-corrected chi connectivity index (χ3v) is 4.29. The van der Waals surface area contributed by atoms with Crippen molar-refractivity contribution in [2.45, 2.75) is 13.0 Å². The fraction of sp³-hybridized carbons (Fsp3) is 0.235. The van der Waals surface area contributed by atoms with Gasteiger partial charge in [-0.25, -0.2) is 4.98 Å². The number of amides is 1. The van der Waals surface area contributed by atoms with Crippen molar-refractivity contribution in [3.63, 3.8) is 0 Å². The molecule has 0 unspecified atom stereocenters. The number of methoxy groups -OCH3 is 1. The molecule has 4 rings (SSSR count). The summed E-state index contributed by atoms with van der Waals surface area (Å²) >= 11 is 0. The lowest BCUT2D eigenvalue weighted by molar-refractivity contribution is 0.0733. The zero-order chi connectivity index (χ0) is 16.5. The van der Waals surface area contributed by atoms with Gasteiger partial charge in [0.05, 0.1) is 48.8 Å². The zero-order valence-corrected chi connectivity index (χ0v) is 13.2. The van der Waals surface area contributed by atoms with Crippen LogP contribution >= 0.6 is 0 Å². The summed E-state index contributed by atoms with van der Waals surface area (Å²) in [7, 11) is 1.62. The number of hydrogen-bond acceptors (Lipinski definition) is 4. The number of nitrogens with zero attached hydrogens (tertiary/aromatic N) is 3. The Morgan fingerprint density at radius 3 is 3.17 bits per heavy atom. The van der Waals surface area contributed by atoms with Crippen LogP contribution in [0.3, 0.4) is 0 Å². The van der Waals surface area contributed by atoms with Crippen LogP contribution in [0.5, 0.6) is 5.75 Å². The van der Waals surface area contributed by atoms with E-state index in [4.69, 9.17) is 4.74 Å². The highest BCUT2D eigenvalue weighted by molar-refractivity contribution is 5.99. The third kappa shape index (κ3) is 2.44. The number of aromatic nitrogens is 4. The Balaban J connectivity index is 1.64. The smallest absolute Gasteiger partial charge is 0.258 e. The number of carbonyl (C=O) groups is 1. The van der Waals surface area contributed by atoms with E-state index in [0.717, 1.165) is 29.1 Å². The molecule has 122 valence electrons. The number of nitrogens with one attached hydrogen (secondary N) is 2. The van der Waals surface area contributed by atoms with Crippen LogP contribution in [-0.2, 0) is 13.0 Å². The Labute approximate surface area is 138 Å². The first-order valence-electron chi connectivity index (χ1n) is 7.74. The molecule has 0 fully saturated rings. The number of carbonyl (C=O) groups excluding carboxylic acids is 1. The summed E-state index contributed by atoms with van der Waals surface area (Å²) in [5.74, 6) is 0.697. The molecule has 0 saturated carbocycles. The van der Waals surface area contributed by atoms with Crippen LogP contribution in [0.4, 0.5) is 0 Å². The highest BCUT2D eigenvalue weighted by Gasteiger charge is 2.26. The van der Waals surface area contributed by atoms with Gasteiger partial charge in [0.1, 0.15) is 5.75 Å². The predicted molar refractivity (Wildman–Crippen MR) is 87.6 cm³/mol. The summed E-state index contributed by atoms with van der Waals surface area (Å²) in [6.45, 7) is 1.19. The maximum atomic E-state index is 12.9. The number of rotatable bonds is 3. The Morgan fingerprint density at radius 1 is 1.38 bits per heavy atom. The van der Waals surface area contributed by atoms with Crippen molar-refractivity contribution in [3.8, 4) is 17.0 Å². The molecule has 24 heavy (non-hydrogen) atoms. The molecular weight excluding hydrogens is 306 g/mol. The van der Waals surface area contributed by atoms with Crippen LogP contribution in [0.1, 0.15) is 21.7 Å². The van der Waals surface area contributed by atoms with Gasteiger partial charge in [0, 0.05) is 18.5 Å². The normalized spacial score (nSPS) is 13.6. The van der Waals surface area contributed by atoms with Crippen LogP contribution in [0.15, 0.2) is 36.8 Å². The molecule has 3 aromatic rings. The molecule has 1 aromatic carbocycles. The number of aromatic amines is 2. The molecule has 7 heteroatoms. The molecule has 0 bridgehead atoms. The van der Waals surface area contributed by atoms with Crippen molar-refractivity contribution in [2.75, 3.05) is 13.7 Å². The summed E-state index contributed by atoms with van der Waals surface area (Å²) in [6.07, 6.45) is 4.02. The molecule has 1 aliphatic heterocycles. The lowest BCUT2D eigenvalue weighted by Gasteiger charge is -2.26. The van der Waals surface area contributed by atoms with E-state index in [1.54, 1.807) is 19.6 Å². The first-order chi connectivity index (χ1) is 11.8. The minimum atomic E-state index is -0.0400.